The summed E-state index contributed by atoms with van der Waals surface area (Å²) in [6.07, 6.45) is 17.7. The van der Waals surface area contributed by atoms with Gasteiger partial charge in [-0.15, -0.1) is 0 Å². The molecule has 0 aliphatic heterocycles. The fraction of sp³-hybridized carbons (Fsp3) is 0.857. The molecule has 0 rings (SSSR count). The molecule has 3 heteroatoms. The molecule has 0 radical (unpaired) electrons. The number of esters is 1. The third kappa shape index (κ3) is 16.4. The molecule has 0 heterocycles. The van der Waals surface area contributed by atoms with Crippen LogP contribution in [0.5, 0.6) is 0 Å². The second-order valence-electron chi connectivity index (χ2n) is 6.72. The Hall–Kier alpha value is -0.440. The minimum atomic E-state index is -0.307. The van der Waals surface area contributed by atoms with Crippen LogP contribution in [0.3, 0.4) is 0 Å². The maximum Gasteiger partial charge on any atom is 0.330 e. The zero-order valence-corrected chi connectivity index (χ0v) is 17.0. The molecule has 0 fully saturated rings. The molecule has 0 spiro atoms. The van der Waals surface area contributed by atoms with Crippen molar-refractivity contribution < 1.29 is 9.53 Å². The molecule has 0 aromatic heterocycles. The van der Waals surface area contributed by atoms with Crippen LogP contribution in [0.2, 0.25) is 0 Å². The van der Waals surface area contributed by atoms with E-state index in [2.05, 4.69) is 20.4 Å². The topological polar surface area (TPSA) is 26.3 Å². The number of carbonyl (C=O) groups is 1. The SMILES string of the molecule is C=CC(=O)OCCSCC(CCCCCC)CCCCCCCC. The van der Waals surface area contributed by atoms with Crippen molar-refractivity contribution in [3.05, 3.63) is 12.7 Å². The number of rotatable bonds is 18. The summed E-state index contributed by atoms with van der Waals surface area (Å²) in [5.41, 5.74) is 0. The van der Waals surface area contributed by atoms with E-state index in [0.29, 0.717) is 6.61 Å². The van der Waals surface area contributed by atoms with Gasteiger partial charge in [-0.1, -0.05) is 84.6 Å². The van der Waals surface area contributed by atoms with Gasteiger partial charge in [0, 0.05) is 11.8 Å². The summed E-state index contributed by atoms with van der Waals surface area (Å²) >= 11 is 1.94. The molecular weight excluding hydrogens is 316 g/mol. The fourth-order valence-corrected chi connectivity index (χ4v) is 3.93. The van der Waals surface area contributed by atoms with Crippen LogP contribution in [-0.2, 0) is 9.53 Å². The minimum absolute atomic E-state index is 0.307. The van der Waals surface area contributed by atoms with Crippen LogP contribution >= 0.6 is 11.8 Å². The first-order valence-electron chi connectivity index (χ1n) is 10.1. The lowest BCUT2D eigenvalue weighted by Gasteiger charge is -2.16. The average molecular weight is 357 g/mol. The van der Waals surface area contributed by atoms with Crippen LogP contribution in [0.1, 0.15) is 90.9 Å². The van der Waals surface area contributed by atoms with Gasteiger partial charge in [-0.25, -0.2) is 4.79 Å². The van der Waals surface area contributed by atoms with Crippen LogP contribution in [0.15, 0.2) is 12.7 Å². The Bertz CT molecular complexity index is 292. The van der Waals surface area contributed by atoms with Crippen molar-refractivity contribution in [1.82, 2.24) is 0 Å². The highest BCUT2D eigenvalue weighted by molar-refractivity contribution is 7.99. The maximum absolute atomic E-state index is 11.0. The van der Waals surface area contributed by atoms with E-state index in [9.17, 15) is 4.79 Å². The lowest BCUT2D eigenvalue weighted by molar-refractivity contribution is -0.137. The Morgan fingerprint density at radius 1 is 0.958 bits per heavy atom. The molecule has 0 N–H and O–H groups in total. The number of hydrogen-bond acceptors (Lipinski definition) is 3. The van der Waals surface area contributed by atoms with E-state index in [1.807, 2.05) is 11.8 Å². The van der Waals surface area contributed by atoms with E-state index in [-0.39, 0.29) is 5.97 Å². The molecule has 0 aromatic carbocycles. The molecule has 24 heavy (non-hydrogen) atoms. The van der Waals surface area contributed by atoms with E-state index in [4.69, 9.17) is 4.74 Å². The molecule has 1 unspecified atom stereocenters. The van der Waals surface area contributed by atoms with Gasteiger partial charge >= 0.3 is 5.97 Å². The Kier molecular flexibility index (Phi) is 18.5. The lowest BCUT2D eigenvalue weighted by atomic mass is 9.96. The molecule has 0 amide bonds. The van der Waals surface area contributed by atoms with Gasteiger partial charge in [-0.05, 0) is 24.5 Å². The molecule has 2 nitrogen and oxygen atoms in total. The van der Waals surface area contributed by atoms with Gasteiger partial charge in [0.1, 0.15) is 6.61 Å². The summed E-state index contributed by atoms with van der Waals surface area (Å²) in [5.74, 6) is 2.65. The molecular formula is C21H40O2S. The zero-order chi connectivity index (χ0) is 17.9. The third-order valence-electron chi connectivity index (χ3n) is 4.42. The average Bonchev–Trinajstić information content (AvgIpc) is 2.60. The van der Waals surface area contributed by atoms with Crippen molar-refractivity contribution >= 4 is 17.7 Å². The van der Waals surface area contributed by atoms with Gasteiger partial charge in [-0.3, -0.25) is 0 Å². The normalized spacial score (nSPS) is 12.1. The predicted octanol–water partition coefficient (Wildman–Crippen LogP) is 6.79. The van der Waals surface area contributed by atoms with Gasteiger partial charge in [0.15, 0.2) is 0 Å². The fourth-order valence-electron chi connectivity index (χ4n) is 2.89. The Morgan fingerprint density at radius 2 is 1.50 bits per heavy atom. The number of hydrogen-bond donors (Lipinski definition) is 0. The van der Waals surface area contributed by atoms with Gasteiger partial charge in [0.2, 0.25) is 0 Å². The molecule has 0 aliphatic carbocycles. The smallest absolute Gasteiger partial charge is 0.330 e. The minimum Gasteiger partial charge on any atom is -0.462 e. The van der Waals surface area contributed by atoms with Crippen molar-refractivity contribution in [2.75, 3.05) is 18.1 Å². The number of unbranched alkanes of at least 4 members (excludes halogenated alkanes) is 8. The van der Waals surface area contributed by atoms with Crippen molar-refractivity contribution in [2.24, 2.45) is 5.92 Å². The van der Waals surface area contributed by atoms with Crippen LogP contribution in [0.4, 0.5) is 0 Å². The van der Waals surface area contributed by atoms with E-state index in [1.165, 1.54) is 88.9 Å². The lowest BCUT2D eigenvalue weighted by Crippen LogP contribution is -2.08. The highest BCUT2D eigenvalue weighted by Crippen LogP contribution is 2.22. The monoisotopic (exact) mass is 356 g/mol. The molecule has 0 aromatic rings. The highest BCUT2D eigenvalue weighted by atomic mass is 32.2. The molecule has 0 saturated heterocycles. The third-order valence-corrected chi connectivity index (χ3v) is 5.59. The van der Waals surface area contributed by atoms with Gasteiger partial charge < -0.3 is 4.74 Å². The molecule has 142 valence electrons. The van der Waals surface area contributed by atoms with Crippen molar-refractivity contribution in [1.29, 1.82) is 0 Å². The van der Waals surface area contributed by atoms with E-state index >= 15 is 0 Å². The van der Waals surface area contributed by atoms with Crippen molar-refractivity contribution in [2.45, 2.75) is 90.9 Å². The molecule has 0 bridgehead atoms. The van der Waals surface area contributed by atoms with E-state index in [1.54, 1.807) is 0 Å². The quantitative estimate of drug-likeness (QED) is 0.154. The molecule has 0 saturated carbocycles. The summed E-state index contributed by atoms with van der Waals surface area (Å²) in [6.45, 7) is 8.47. The standard InChI is InChI=1S/C21H40O2S/c1-4-7-9-11-12-14-16-20(15-13-10-8-5-2)19-24-18-17-23-21(22)6-3/h6,20H,3-5,7-19H2,1-2H3. The first-order valence-corrected chi connectivity index (χ1v) is 11.3. The first-order chi connectivity index (χ1) is 11.7. The van der Waals surface area contributed by atoms with Gasteiger partial charge in [0.25, 0.3) is 0 Å². The van der Waals surface area contributed by atoms with Crippen LogP contribution in [-0.4, -0.2) is 24.1 Å². The van der Waals surface area contributed by atoms with E-state index in [0.717, 1.165) is 11.7 Å². The number of carbonyl (C=O) groups excluding carboxylic acids is 1. The molecule has 0 aliphatic rings. The summed E-state index contributed by atoms with van der Waals surface area (Å²) in [6, 6.07) is 0. The van der Waals surface area contributed by atoms with Crippen LogP contribution in [0, 0.1) is 5.92 Å². The zero-order valence-electron chi connectivity index (χ0n) is 16.2. The van der Waals surface area contributed by atoms with E-state index < -0.39 is 0 Å². The summed E-state index contributed by atoms with van der Waals surface area (Å²) in [7, 11) is 0. The highest BCUT2D eigenvalue weighted by Gasteiger charge is 2.09. The largest absolute Gasteiger partial charge is 0.462 e. The Labute approximate surface area is 155 Å². The second kappa shape index (κ2) is 18.9. The Morgan fingerprint density at radius 3 is 2.08 bits per heavy atom. The maximum atomic E-state index is 11.0. The molecule has 1 atom stereocenters. The second-order valence-corrected chi connectivity index (χ2v) is 7.87. The summed E-state index contributed by atoms with van der Waals surface area (Å²) < 4.78 is 5.04. The van der Waals surface area contributed by atoms with Crippen LogP contribution in [0.25, 0.3) is 0 Å². The first kappa shape index (κ1) is 23.6. The van der Waals surface area contributed by atoms with Gasteiger partial charge in [-0.2, -0.15) is 11.8 Å². The Balaban J connectivity index is 3.81. The summed E-state index contributed by atoms with van der Waals surface area (Å²) in [5, 5.41) is 0. The van der Waals surface area contributed by atoms with Crippen LogP contribution < -0.4 is 0 Å². The summed E-state index contributed by atoms with van der Waals surface area (Å²) in [4.78, 5) is 11.0. The van der Waals surface area contributed by atoms with Gasteiger partial charge in [0.05, 0.1) is 0 Å². The number of ether oxygens (including phenoxy) is 1. The van der Waals surface area contributed by atoms with Crippen molar-refractivity contribution in [3.63, 3.8) is 0 Å². The predicted molar refractivity (Wildman–Crippen MR) is 109 cm³/mol. The number of thioether (sulfide) groups is 1. The van der Waals surface area contributed by atoms with Crippen molar-refractivity contribution in [3.8, 4) is 0 Å².